The number of hydrogen-bond donors (Lipinski definition) is 2. The summed E-state index contributed by atoms with van der Waals surface area (Å²) in [7, 11) is 0. The van der Waals surface area contributed by atoms with Crippen molar-refractivity contribution in [3.63, 3.8) is 0 Å². The number of imidazole rings is 1. The molecule has 7 heteroatoms. The second-order valence-electron chi connectivity index (χ2n) is 6.33. The lowest BCUT2D eigenvalue weighted by Crippen LogP contribution is -2.52. The molecule has 25 heavy (non-hydrogen) atoms. The van der Waals surface area contributed by atoms with Crippen molar-refractivity contribution in [3.05, 3.63) is 53.6 Å². The average molecular weight is 343 g/mol. The third-order valence-corrected chi connectivity index (χ3v) is 4.95. The number of hydrogen-bond acceptors (Lipinski definition) is 4. The molecule has 0 aliphatic carbocycles. The number of likely N-dealkylation sites (tertiary alicyclic amines) is 1. The fourth-order valence-corrected chi connectivity index (χ4v) is 3.40. The molecule has 0 atom stereocenters. The van der Waals surface area contributed by atoms with E-state index in [-0.39, 0.29) is 12.5 Å². The number of nitrogens with zero attached hydrogens (tertiary/aromatic N) is 3. The highest BCUT2D eigenvalue weighted by Gasteiger charge is 2.44. The summed E-state index contributed by atoms with van der Waals surface area (Å²) in [6.07, 6.45) is 3.95. The van der Waals surface area contributed by atoms with Gasteiger partial charge in [-0.1, -0.05) is 12.1 Å². The molecule has 0 saturated carbocycles. The van der Waals surface area contributed by atoms with Crippen LogP contribution in [0.4, 0.5) is 0 Å². The predicted molar refractivity (Wildman–Crippen MR) is 90.1 cm³/mol. The first-order valence-corrected chi connectivity index (χ1v) is 8.21. The maximum atomic E-state index is 12.6. The number of rotatable bonds is 4. The van der Waals surface area contributed by atoms with Crippen molar-refractivity contribution in [1.82, 2.24) is 14.5 Å². The number of aliphatic hydroxyl groups excluding tert-OH is 1. The second-order valence-corrected chi connectivity index (χ2v) is 6.33. The summed E-state index contributed by atoms with van der Waals surface area (Å²) in [5.74, 6) is -0.361. The molecule has 1 aromatic carbocycles. The molecule has 1 amide bonds. The third-order valence-electron chi connectivity index (χ3n) is 4.95. The summed E-state index contributed by atoms with van der Waals surface area (Å²) < 4.78 is 1.70. The third kappa shape index (κ3) is 3.02. The Morgan fingerprint density at radius 3 is 2.32 bits per heavy atom. The molecular formula is C18H21N3O4. The van der Waals surface area contributed by atoms with Crippen molar-refractivity contribution in [2.75, 3.05) is 13.1 Å². The Kier molecular flexibility index (Phi) is 4.59. The Morgan fingerprint density at radius 2 is 1.84 bits per heavy atom. The van der Waals surface area contributed by atoms with E-state index in [1.165, 1.54) is 0 Å². The molecule has 0 spiro atoms. The van der Waals surface area contributed by atoms with E-state index in [1.54, 1.807) is 53.0 Å². The first-order chi connectivity index (χ1) is 12.0. The summed E-state index contributed by atoms with van der Waals surface area (Å²) in [4.78, 5) is 30.4. The molecule has 7 nitrogen and oxygen atoms in total. The van der Waals surface area contributed by atoms with E-state index in [0.717, 1.165) is 5.56 Å². The molecule has 1 aliphatic rings. The van der Waals surface area contributed by atoms with E-state index in [9.17, 15) is 14.7 Å². The van der Waals surface area contributed by atoms with Crippen LogP contribution in [0.15, 0.2) is 36.7 Å². The van der Waals surface area contributed by atoms with Crippen LogP contribution in [0.25, 0.3) is 0 Å². The Balaban J connectivity index is 1.76. The van der Waals surface area contributed by atoms with Gasteiger partial charge < -0.3 is 19.7 Å². The number of carboxylic acid groups (broad SMARTS) is 1. The lowest BCUT2D eigenvalue weighted by Gasteiger charge is -2.40. The number of carbonyl (C=O) groups is 2. The minimum atomic E-state index is -1.06. The maximum absolute atomic E-state index is 12.6. The molecule has 1 aromatic heterocycles. The zero-order valence-corrected chi connectivity index (χ0v) is 14.1. The van der Waals surface area contributed by atoms with Crippen molar-refractivity contribution in [3.8, 4) is 0 Å². The van der Waals surface area contributed by atoms with Crippen LogP contribution in [0.1, 0.15) is 34.6 Å². The van der Waals surface area contributed by atoms with Crippen LogP contribution in [-0.2, 0) is 16.9 Å². The average Bonchev–Trinajstić information content (AvgIpc) is 3.07. The Bertz CT molecular complexity index is 774. The Labute approximate surface area is 145 Å². The number of benzene rings is 1. The fourth-order valence-electron chi connectivity index (χ4n) is 3.40. The van der Waals surface area contributed by atoms with Gasteiger partial charge in [0.25, 0.3) is 5.91 Å². The quantitative estimate of drug-likeness (QED) is 0.875. The molecule has 3 rings (SSSR count). The van der Waals surface area contributed by atoms with E-state index >= 15 is 0 Å². The molecule has 2 N–H and O–H groups in total. The van der Waals surface area contributed by atoms with E-state index in [2.05, 4.69) is 4.98 Å². The summed E-state index contributed by atoms with van der Waals surface area (Å²) >= 11 is 0. The minimum absolute atomic E-state index is 0.0659. The summed E-state index contributed by atoms with van der Waals surface area (Å²) in [6, 6.07) is 6.81. The Hall–Kier alpha value is -2.67. The molecule has 1 aliphatic heterocycles. The largest absolute Gasteiger partial charge is 0.479 e. The van der Waals surface area contributed by atoms with Crippen LogP contribution in [0.3, 0.4) is 0 Å². The molecule has 2 aromatic rings. The van der Waals surface area contributed by atoms with Gasteiger partial charge in [0.2, 0.25) is 0 Å². The van der Waals surface area contributed by atoms with Gasteiger partial charge in [-0.15, -0.1) is 0 Å². The molecule has 1 saturated heterocycles. The predicted octanol–water partition coefficient (Wildman–Crippen LogP) is 1.40. The fraction of sp³-hybridized carbons (Fsp3) is 0.389. The summed E-state index contributed by atoms with van der Waals surface area (Å²) in [6.45, 7) is 2.45. The van der Waals surface area contributed by atoms with Crippen molar-refractivity contribution < 1.29 is 19.8 Å². The van der Waals surface area contributed by atoms with Gasteiger partial charge in [-0.05, 0) is 37.5 Å². The normalized spacial score (nSPS) is 16.6. The molecule has 0 bridgehead atoms. The van der Waals surface area contributed by atoms with E-state index in [1.807, 2.05) is 0 Å². The molecule has 0 radical (unpaired) electrons. The van der Waals surface area contributed by atoms with Crippen molar-refractivity contribution in [1.29, 1.82) is 0 Å². The molecular weight excluding hydrogens is 322 g/mol. The first kappa shape index (κ1) is 17.2. The molecule has 1 fully saturated rings. The standard InChI is InChI=1S/C18H21N3O4/c1-13-19-8-11-21(13)18(17(24)25)6-9-20(10-7-18)16(23)15-4-2-14(12-22)3-5-15/h2-5,8,11,22H,6-7,9-10,12H2,1H3,(H,24,25). The second kappa shape index (κ2) is 6.68. The van der Waals surface area contributed by atoms with E-state index in [4.69, 9.17) is 5.11 Å². The smallest absolute Gasteiger partial charge is 0.330 e. The van der Waals surface area contributed by atoms with Crippen LogP contribution in [-0.4, -0.2) is 49.6 Å². The van der Waals surface area contributed by atoms with Gasteiger partial charge in [0, 0.05) is 31.0 Å². The van der Waals surface area contributed by atoms with Gasteiger partial charge in [-0.3, -0.25) is 4.79 Å². The van der Waals surface area contributed by atoms with E-state index in [0.29, 0.717) is 37.3 Å². The number of piperidine rings is 1. The van der Waals surface area contributed by atoms with Crippen LogP contribution < -0.4 is 0 Å². The number of aryl methyl sites for hydroxylation is 1. The van der Waals surface area contributed by atoms with Crippen LogP contribution in [0.2, 0.25) is 0 Å². The number of carboxylic acids is 1. The maximum Gasteiger partial charge on any atom is 0.330 e. The van der Waals surface area contributed by atoms with Gasteiger partial charge in [-0.25, -0.2) is 9.78 Å². The van der Waals surface area contributed by atoms with Gasteiger partial charge >= 0.3 is 5.97 Å². The number of aromatic nitrogens is 2. The highest BCUT2D eigenvalue weighted by molar-refractivity contribution is 5.94. The van der Waals surface area contributed by atoms with Crippen molar-refractivity contribution >= 4 is 11.9 Å². The number of carbonyl (C=O) groups excluding carboxylic acids is 1. The Morgan fingerprint density at radius 1 is 1.20 bits per heavy atom. The zero-order chi connectivity index (χ0) is 18.0. The SMILES string of the molecule is Cc1nccn1C1(C(=O)O)CCN(C(=O)c2ccc(CO)cc2)CC1. The summed E-state index contributed by atoms with van der Waals surface area (Å²) in [5, 5.41) is 18.9. The molecule has 2 heterocycles. The van der Waals surface area contributed by atoms with Crippen LogP contribution >= 0.6 is 0 Å². The van der Waals surface area contributed by atoms with Crippen LogP contribution in [0.5, 0.6) is 0 Å². The summed E-state index contributed by atoms with van der Waals surface area (Å²) in [5.41, 5.74) is 0.229. The molecule has 0 unspecified atom stereocenters. The lowest BCUT2D eigenvalue weighted by atomic mass is 9.86. The number of aliphatic carboxylic acids is 1. The molecule has 132 valence electrons. The van der Waals surface area contributed by atoms with E-state index < -0.39 is 11.5 Å². The number of amides is 1. The first-order valence-electron chi connectivity index (χ1n) is 8.21. The van der Waals surface area contributed by atoms with Crippen LogP contribution in [0, 0.1) is 6.92 Å². The van der Waals surface area contributed by atoms with Crippen molar-refractivity contribution in [2.45, 2.75) is 31.9 Å². The highest BCUT2D eigenvalue weighted by Crippen LogP contribution is 2.32. The van der Waals surface area contributed by atoms with Gasteiger partial charge in [0.15, 0.2) is 0 Å². The zero-order valence-electron chi connectivity index (χ0n) is 14.1. The van der Waals surface area contributed by atoms with Gasteiger partial charge in [-0.2, -0.15) is 0 Å². The topological polar surface area (TPSA) is 95.7 Å². The lowest BCUT2D eigenvalue weighted by molar-refractivity contribution is -0.150. The van der Waals surface area contributed by atoms with Gasteiger partial charge in [0.05, 0.1) is 6.61 Å². The minimum Gasteiger partial charge on any atom is -0.479 e. The monoisotopic (exact) mass is 343 g/mol. The highest BCUT2D eigenvalue weighted by atomic mass is 16.4. The van der Waals surface area contributed by atoms with Crippen molar-refractivity contribution in [2.24, 2.45) is 0 Å². The van der Waals surface area contributed by atoms with Gasteiger partial charge in [0.1, 0.15) is 11.4 Å². The number of aliphatic hydroxyl groups is 1.